The van der Waals surface area contributed by atoms with Gasteiger partial charge in [-0.25, -0.2) is 4.39 Å². The number of benzene rings is 1. The summed E-state index contributed by atoms with van der Waals surface area (Å²) < 4.78 is 13.0. The second-order valence-electron chi connectivity index (χ2n) is 9.64. The molecule has 1 saturated carbocycles. The Labute approximate surface area is 219 Å². The van der Waals surface area contributed by atoms with E-state index in [2.05, 4.69) is 53.6 Å². The number of aliphatic imine (C=N–C) groups is 1. The Bertz CT molecular complexity index is 814. The van der Waals surface area contributed by atoms with E-state index < -0.39 is 0 Å². The highest BCUT2D eigenvalue weighted by atomic mass is 19.1. The van der Waals surface area contributed by atoms with E-state index >= 15 is 0 Å². The van der Waals surface area contributed by atoms with Gasteiger partial charge in [-0.05, 0) is 84.3 Å². The molecule has 5 N–H and O–H groups in total. The molecular weight excluding hydrogens is 451 g/mol. The molecule has 2 fully saturated rings. The molecule has 1 aromatic rings. The Morgan fingerprint density at radius 1 is 1.08 bits per heavy atom. The summed E-state index contributed by atoms with van der Waals surface area (Å²) in [6.45, 7) is 19.0. The Balaban J connectivity index is 0.000000391. The minimum absolute atomic E-state index is 0.193. The van der Waals surface area contributed by atoms with Crippen LogP contribution in [-0.2, 0) is 0 Å². The van der Waals surface area contributed by atoms with Crippen LogP contribution in [0.2, 0.25) is 0 Å². The monoisotopic (exact) mass is 502 g/mol. The van der Waals surface area contributed by atoms with Crippen LogP contribution in [0.5, 0.6) is 0 Å². The first-order valence-electron chi connectivity index (χ1n) is 13.5. The third kappa shape index (κ3) is 12.5. The van der Waals surface area contributed by atoms with Gasteiger partial charge >= 0.3 is 0 Å². The maximum absolute atomic E-state index is 13.0. The van der Waals surface area contributed by atoms with Crippen molar-refractivity contribution in [2.75, 3.05) is 32.0 Å². The van der Waals surface area contributed by atoms with E-state index in [1.165, 1.54) is 71.0 Å². The maximum atomic E-state index is 13.0. The molecule has 3 rings (SSSR count). The van der Waals surface area contributed by atoms with Gasteiger partial charge in [0.25, 0.3) is 0 Å². The first-order valence-corrected chi connectivity index (χ1v) is 13.5. The molecule has 1 aromatic carbocycles. The third-order valence-corrected chi connectivity index (χ3v) is 6.52. The lowest BCUT2D eigenvalue weighted by molar-refractivity contribution is 0.264. The van der Waals surface area contributed by atoms with Gasteiger partial charge in [-0.15, -0.1) is 0 Å². The van der Waals surface area contributed by atoms with Crippen molar-refractivity contribution in [3.05, 3.63) is 54.3 Å². The molecule has 204 valence electrons. The summed E-state index contributed by atoms with van der Waals surface area (Å²) in [4.78, 5) is 7.39. The lowest BCUT2D eigenvalue weighted by Crippen LogP contribution is -2.40. The Morgan fingerprint density at radius 2 is 1.75 bits per heavy atom. The number of nitrogens with two attached hydrogens (primary N) is 1. The fraction of sp³-hybridized carbons (Fsp3) is 0.621. The largest absolute Gasteiger partial charge is 0.371 e. The fourth-order valence-electron chi connectivity index (χ4n) is 4.66. The lowest BCUT2D eigenvalue weighted by Gasteiger charge is -2.24. The van der Waals surface area contributed by atoms with E-state index in [0.717, 1.165) is 36.1 Å². The second-order valence-corrected chi connectivity index (χ2v) is 9.64. The number of nitrogens with one attached hydrogen (secondary N) is 3. The number of likely N-dealkylation sites (tertiary alicyclic amines) is 1. The number of likely N-dealkylation sites (N-methyl/N-ethyl adjacent to an activating group) is 1. The fourth-order valence-corrected chi connectivity index (χ4v) is 4.66. The number of aryl methyl sites for hydroxylation is 1. The van der Waals surface area contributed by atoms with Gasteiger partial charge in [-0.1, -0.05) is 51.8 Å². The zero-order valence-corrected chi connectivity index (χ0v) is 23.4. The molecule has 1 saturated heterocycles. The standard InChI is InChI=1S/C18H34N4.C10H12FN.CH5N/c1-4-22-13-9-12-18(22)14-19-15(2)20-16(3)21-17-10-7-5-6-8-11-17;1-7(2)12-9-5-4-8(3)10(11)6-9;1-2/h17-19H,2,4-14H2,1,3H3,(H,20,21);4-6,12H,1H2,2-3H3;2H2,1H3. The summed E-state index contributed by atoms with van der Waals surface area (Å²) in [7, 11) is 1.50. The average Bonchev–Trinajstić information content (AvgIpc) is 3.16. The predicted molar refractivity (Wildman–Crippen MR) is 155 cm³/mol. The van der Waals surface area contributed by atoms with Gasteiger partial charge < -0.3 is 21.7 Å². The van der Waals surface area contributed by atoms with Crippen LogP contribution in [0.4, 0.5) is 10.1 Å². The van der Waals surface area contributed by atoms with Crippen molar-refractivity contribution in [3.8, 4) is 0 Å². The van der Waals surface area contributed by atoms with E-state index in [1.807, 2.05) is 13.0 Å². The number of allylic oxidation sites excluding steroid dienone is 1. The summed E-state index contributed by atoms with van der Waals surface area (Å²) in [6, 6.07) is 6.19. The summed E-state index contributed by atoms with van der Waals surface area (Å²) in [6.07, 6.45) is 10.5. The zero-order chi connectivity index (χ0) is 26.9. The molecule has 36 heavy (non-hydrogen) atoms. The molecule has 1 heterocycles. The topological polar surface area (TPSA) is 77.7 Å². The summed E-state index contributed by atoms with van der Waals surface area (Å²) in [5.74, 6) is 1.70. The predicted octanol–water partition coefficient (Wildman–Crippen LogP) is 5.92. The number of anilines is 1. The van der Waals surface area contributed by atoms with Crippen molar-refractivity contribution in [2.45, 2.75) is 91.1 Å². The van der Waals surface area contributed by atoms with Gasteiger partial charge in [0.05, 0.1) is 17.7 Å². The molecule has 2 aliphatic rings. The van der Waals surface area contributed by atoms with Gasteiger partial charge in [0, 0.05) is 24.0 Å². The summed E-state index contributed by atoms with van der Waals surface area (Å²) >= 11 is 0. The van der Waals surface area contributed by atoms with Gasteiger partial charge in [0.2, 0.25) is 0 Å². The molecule has 0 radical (unpaired) electrons. The first-order chi connectivity index (χ1) is 17.3. The minimum Gasteiger partial charge on any atom is -0.371 e. The highest BCUT2D eigenvalue weighted by molar-refractivity contribution is 5.81. The zero-order valence-electron chi connectivity index (χ0n) is 23.4. The van der Waals surface area contributed by atoms with Crippen LogP contribution in [0.15, 0.2) is 47.9 Å². The molecule has 6 nitrogen and oxygen atoms in total. The average molecular weight is 503 g/mol. The number of hydrogen-bond donors (Lipinski definition) is 4. The van der Waals surface area contributed by atoms with Crippen LogP contribution in [0.3, 0.4) is 0 Å². The number of amidine groups is 1. The van der Waals surface area contributed by atoms with Crippen molar-refractivity contribution in [1.29, 1.82) is 0 Å². The van der Waals surface area contributed by atoms with E-state index in [1.54, 1.807) is 13.0 Å². The Morgan fingerprint density at radius 3 is 2.33 bits per heavy atom. The van der Waals surface area contributed by atoms with Crippen LogP contribution in [0, 0.1) is 12.7 Å². The normalized spacial score (nSPS) is 18.6. The van der Waals surface area contributed by atoms with E-state index in [0.29, 0.717) is 17.6 Å². The van der Waals surface area contributed by atoms with Crippen LogP contribution in [0.1, 0.15) is 77.7 Å². The number of hydrogen-bond acceptors (Lipinski definition) is 5. The van der Waals surface area contributed by atoms with Crippen LogP contribution >= 0.6 is 0 Å². The van der Waals surface area contributed by atoms with Crippen molar-refractivity contribution in [1.82, 2.24) is 15.5 Å². The molecule has 7 heteroatoms. The van der Waals surface area contributed by atoms with Gasteiger partial charge in [-0.3, -0.25) is 9.89 Å². The lowest BCUT2D eigenvalue weighted by atomic mass is 10.1. The SMILES string of the molecule is C=C(C)Nc1ccc(C)c(F)c1.C=C(NCC1CCCN1CC)NC(C)=NC1CCCCCC1.CN. The van der Waals surface area contributed by atoms with Crippen LogP contribution < -0.4 is 21.7 Å². The Hall–Kier alpha value is -2.38. The maximum Gasteiger partial charge on any atom is 0.128 e. The highest BCUT2D eigenvalue weighted by Crippen LogP contribution is 2.20. The summed E-state index contributed by atoms with van der Waals surface area (Å²) in [5.41, 5.74) is 6.70. The third-order valence-electron chi connectivity index (χ3n) is 6.52. The van der Waals surface area contributed by atoms with Gasteiger partial charge in [-0.2, -0.15) is 0 Å². The van der Waals surface area contributed by atoms with Crippen LogP contribution in [-0.4, -0.2) is 49.5 Å². The molecule has 0 spiro atoms. The first kappa shape index (κ1) is 31.6. The minimum atomic E-state index is -0.193. The van der Waals surface area contributed by atoms with Crippen molar-refractivity contribution < 1.29 is 4.39 Å². The van der Waals surface area contributed by atoms with Gasteiger partial charge in [0.1, 0.15) is 5.82 Å². The highest BCUT2D eigenvalue weighted by Gasteiger charge is 2.22. The van der Waals surface area contributed by atoms with E-state index in [-0.39, 0.29) is 5.82 Å². The molecule has 0 amide bonds. The van der Waals surface area contributed by atoms with E-state index in [4.69, 9.17) is 4.99 Å². The van der Waals surface area contributed by atoms with Crippen molar-refractivity contribution in [3.63, 3.8) is 0 Å². The summed E-state index contributed by atoms with van der Waals surface area (Å²) in [5, 5.41) is 9.71. The molecule has 1 aliphatic heterocycles. The van der Waals surface area contributed by atoms with Crippen LogP contribution in [0.25, 0.3) is 0 Å². The molecule has 1 aliphatic carbocycles. The number of nitrogens with zero attached hydrogens (tertiary/aromatic N) is 2. The molecule has 1 unspecified atom stereocenters. The number of rotatable bonds is 8. The van der Waals surface area contributed by atoms with E-state index in [9.17, 15) is 4.39 Å². The second kappa shape index (κ2) is 18.0. The molecule has 1 atom stereocenters. The quantitative estimate of drug-likeness (QED) is 0.202. The molecule has 0 bridgehead atoms. The van der Waals surface area contributed by atoms with Crippen molar-refractivity contribution >= 4 is 11.5 Å². The Kier molecular flexibility index (Phi) is 15.8. The molecular formula is C29H51FN6. The molecule has 0 aromatic heterocycles. The van der Waals surface area contributed by atoms with Crippen molar-refractivity contribution in [2.24, 2.45) is 10.7 Å². The van der Waals surface area contributed by atoms with Gasteiger partial charge in [0.15, 0.2) is 0 Å². The number of halogens is 1. The smallest absolute Gasteiger partial charge is 0.128 e.